The van der Waals surface area contributed by atoms with E-state index in [9.17, 15) is 0 Å². The molecule has 27 heavy (non-hydrogen) atoms. The van der Waals surface area contributed by atoms with Gasteiger partial charge in [-0.15, -0.1) is 0 Å². The molecule has 0 aliphatic heterocycles. The summed E-state index contributed by atoms with van der Waals surface area (Å²) in [6, 6.07) is 5.96. The number of nitrogen functional groups attached to an aromatic ring is 1. The lowest BCUT2D eigenvalue weighted by Gasteiger charge is -2.12. The number of hydrogen-bond donors (Lipinski definition) is 3. The highest BCUT2D eigenvalue weighted by Gasteiger charge is 2.13. The van der Waals surface area contributed by atoms with Gasteiger partial charge in [-0.25, -0.2) is 4.98 Å². The summed E-state index contributed by atoms with van der Waals surface area (Å²) in [5, 5.41) is 7.96. The van der Waals surface area contributed by atoms with Crippen LogP contribution in [0.25, 0.3) is 11.0 Å². The second-order valence-corrected chi connectivity index (χ2v) is 6.63. The number of benzene rings is 1. The number of nitrogens with two attached hydrogens (primary N) is 2. The highest BCUT2D eigenvalue weighted by atomic mass is 16.5. The average Bonchev–Trinajstić information content (AvgIpc) is 3.04. The molecule has 0 amide bonds. The third kappa shape index (κ3) is 4.28. The van der Waals surface area contributed by atoms with Gasteiger partial charge in [0.25, 0.3) is 0 Å². The van der Waals surface area contributed by atoms with Crippen molar-refractivity contribution in [3.05, 3.63) is 35.5 Å². The second kappa shape index (κ2) is 8.22. The predicted molar refractivity (Wildman–Crippen MR) is 108 cm³/mol. The number of nitrogens with one attached hydrogen (secondary N) is 1. The van der Waals surface area contributed by atoms with E-state index in [1.807, 2.05) is 36.0 Å². The van der Waals surface area contributed by atoms with Crippen LogP contribution in [0.3, 0.4) is 0 Å². The van der Waals surface area contributed by atoms with Crippen molar-refractivity contribution in [2.45, 2.75) is 39.3 Å². The molecule has 0 radical (unpaired) electrons. The molecule has 2 aromatic heterocycles. The monoisotopic (exact) mass is 369 g/mol. The number of rotatable bonds is 8. The standard InChI is InChI=1S/C19H27N7O/c1-4-5-8-22-18-17-15(23-19(21)24-18)11-26(25-17)10-14-7-6-13(12(2)20)9-16(14)27-3/h6-7,9,11-12H,4-5,8,10,20H2,1-3H3,(H3,21,22,23,24)/t12-/m1/s1. The Hall–Kier alpha value is -2.87. The molecule has 0 saturated carbocycles. The van der Waals surface area contributed by atoms with Crippen molar-refractivity contribution in [2.75, 3.05) is 24.7 Å². The van der Waals surface area contributed by atoms with Crippen molar-refractivity contribution in [1.29, 1.82) is 0 Å². The number of aromatic nitrogens is 4. The predicted octanol–water partition coefficient (Wildman–Crippen LogP) is 2.70. The summed E-state index contributed by atoms with van der Waals surface area (Å²) in [5.74, 6) is 1.69. The van der Waals surface area contributed by atoms with E-state index >= 15 is 0 Å². The van der Waals surface area contributed by atoms with E-state index in [2.05, 4.69) is 27.3 Å². The Bertz CT molecular complexity index is 920. The molecule has 0 fully saturated rings. The summed E-state index contributed by atoms with van der Waals surface area (Å²) < 4.78 is 7.36. The van der Waals surface area contributed by atoms with Crippen molar-refractivity contribution < 1.29 is 4.74 Å². The summed E-state index contributed by atoms with van der Waals surface area (Å²) in [6.07, 6.45) is 4.02. The van der Waals surface area contributed by atoms with Gasteiger partial charge in [-0.3, -0.25) is 4.68 Å². The van der Waals surface area contributed by atoms with E-state index in [1.165, 1.54) is 0 Å². The molecule has 1 aromatic carbocycles. The van der Waals surface area contributed by atoms with Crippen LogP contribution in [0.1, 0.15) is 43.9 Å². The first-order valence-electron chi connectivity index (χ1n) is 9.18. The minimum atomic E-state index is -0.0461. The summed E-state index contributed by atoms with van der Waals surface area (Å²) >= 11 is 0. The smallest absolute Gasteiger partial charge is 0.222 e. The SMILES string of the molecule is CCCCNc1nc(N)nc2cn(Cc3ccc([C@@H](C)N)cc3OC)nc12. The molecule has 0 saturated heterocycles. The van der Waals surface area contributed by atoms with Crippen LogP contribution in [0.5, 0.6) is 5.75 Å². The molecule has 5 N–H and O–H groups in total. The van der Waals surface area contributed by atoms with E-state index in [0.717, 1.165) is 36.3 Å². The first kappa shape index (κ1) is 18.9. The summed E-state index contributed by atoms with van der Waals surface area (Å²) in [6.45, 7) is 5.46. The molecular weight excluding hydrogens is 342 g/mol. The highest BCUT2D eigenvalue weighted by molar-refractivity contribution is 5.85. The maximum absolute atomic E-state index is 5.96. The number of fused-ring (bicyclic) bond motifs is 1. The molecule has 0 aliphatic rings. The molecule has 2 heterocycles. The zero-order valence-corrected chi connectivity index (χ0v) is 16.1. The molecule has 144 valence electrons. The Morgan fingerprint density at radius 1 is 1.30 bits per heavy atom. The van der Waals surface area contributed by atoms with Crippen LogP contribution < -0.4 is 21.5 Å². The molecule has 0 aliphatic carbocycles. The number of hydrogen-bond acceptors (Lipinski definition) is 7. The van der Waals surface area contributed by atoms with Gasteiger partial charge in [-0.05, 0) is 25.0 Å². The topological polar surface area (TPSA) is 117 Å². The Morgan fingerprint density at radius 3 is 2.81 bits per heavy atom. The summed E-state index contributed by atoms with van der Waals surface area (Å²) in [5.41, 5.74) is 15.3. The van der Waals surface area contributed by atoms with Gasteiger partial charge in [0.15, 0.2) is 11.3 Å². The third-order valence-corrected chi connectivity index (χ3v) is 4.42. The Labute approximate surface area is 158 Å². The minimum Gasteiger partial charge on any atom is -0.496 e. The van der Waals surface area contributed by atoms with Crippen molar-refractivity contribution in [3.63, 3.8) is 0 Å². The minimum absolute atomic E-state index is 0.0461. The first-order valence-corrected chi connectivity index (χ1v) is 9.18. The molecule has 0 unspecified atom stereocenters. The maximum atomic E-state index is 5.96. The van der Waals surface area contributed by atoms with Gasteiger partial charge in [0.2, 0.25) is 5.95 Å². The van der Waals surface area contributed by atoms with Crippen LogP contribution in [0.15, 0.2) is 24.4 Å². The number of nitrogens with zero attached hydrogens (tertiary/aromatic N) is 4. The molecule has 0 bridgehead atoms. The quantitative estimate of drug-likeness (QED) is 0.523. The van der Waals surface area contributed by atoms with E-state index in [1.54, 1.807) is 7.11 Å². The van der Waals surface area contributed by atoms with Crippen LogP contribution in [-0.2, 0) is 6.54 Å². The van der Waals surface area contributed by atoms with E-state index in [-0.39, 0.29) is 12.0 Å². The van der Waals surface area contributed by atoms with Gasteiger partial charge in [0.1, 0.15) is 11.3 Å². The van der Waals surface area contributed by atoms with Crippen LogP contribution >= 0.6 is 0 Å². The van der Waals surface area contributed by atoms with Crippen LogP contribution in [0.2, 0.25) is 0 Å². The number of anilines is 2. The van der Waals surface area contributed by atoms with Crippen molar-refractivity contribution in [1.82, 2.24) is 19.7 Å². The van der Waals surface area contributed by atoms with Gasteiger partial charge in [-0.2, -0.15) is 10.1 Å². The molecule has 3 rings (SSSR count). The van der Waals surface area contributed by atoms with Gasteiger partial charge < -0.3 is 21.5 Å². The third-order valence-electron chi connectivity index (χ3n) is 4.42. The Morgan fingerprint density at radius 2 is 2.11 bits per heavy atom. The number of ether oxygens (including phenoxy) is 1. The lowest BCUT2D eigenvalue weighted by atomic mass is 10.1. The fourth-order valence-corrected chi connectivity index (χ4v) is 2.91. The van der Waals surface area contributed by atoms with Crippen molar-refractivity contribution in [3.8, 4) is 5.75 Å². The zero-order valence-electron chi connectivity index (χ0n) is 16.1. The molecule has 3 aromatic rings. The first-order chi connectivity index (χ1) is 13.0. The fourth-order valence-electron chi connectivity index (χ4n) is 2.91. The van der Waals surface area contributed by atoms with Crippen molar-refractivity contribution >= 4 is 22.8 Å². The van der Waals surface area contributed by atoms with E-state index in [0.29, 0.717) is 23.4 Å². The fraction of sp³-hybridized carbons (Fsp3) is 0.421. The lowest BCUT2D eigenvalue weighted by molar-refractivity contribution is 0.406. The Balaban J connectivity index is 1.90. The van der Waals surface area contributed by atoms with Crippen molar-refractivity contribution in [2.24, 2.45) is 5.73 Å². The molecule has 8 heteroatoms. The van der Waals surface area contributed by atoms with Crippen LogP contribution in [-0.4, -0.2) is 33.4 Å². The van der Waals surface area contributed by atoms with Crippen LogP contribution in [0, 0.1) is 0 Å². The molecule has 0 spiro atoms. The van der Waals surface area contributed by atoms with Gasteiger partial charge in [0, 0.05) is 18.2 Å². The average molecular weight is 369 g/mol. The second-order valence-electron chi connectivity index (χ2n) is 6.63. The number of methoxy groups -OCH3 is 1. The molecular formula is C19H27N7O. The largest absolute Gasteiger partial charge is 0.496 e. The lowest BCUT2D eigenvalue weighted by Crippen LogP contribution is -2.08. The van der Waals surface area contributed by atoms with Crippen LogP contribution in [0.4, 0.5) is 11.8 Å². The number of unbranched alkanes of at least 4 members (excludes halogenated alkanes) is 1. The highest BCUT2D eigenvalue weighted by Crippen LogP contribution is 2.25. The Kier molecular flexibility index (Phi) is 5.75. The van der Waals surface area contributed by atoms with Gasteiger partial charge in [0.05, 0.1) is 19.9 Å². The van der Waals surface area contributed by atoms with E-state index in [4.69, 9.17) is 16.2 Å². The normalized spacial score (nSPS) is 12.3. The summed E-state index contributed by atoms with van der Waals surface area (Å²) in [4.78, 5) is 8.60. The molecule has 8 nitrogen and oxygen atoms in total. The van der Waals surface area contributed by atoms with Gasteiger partial charge in [-0.1, -0.05) is 25.5 Å². The molecule has 1 atom stereocenters. The maximum Gasteiger partial charge on any atom is 0.222 e. The van der Waals surface area contributed by atoms with Gasteiger partial charge >= 0.3 is 0 Å². The zero-order chi connectivity index (χ0) is 19.4. The van der Waals surface area contributed by atoms with E-state index < -0.39 is 0 Å². The summed E-state index contributed by atoms with van der Waals surface area (Å²) in [7, 11) is 1.66.